The highest BCUT2D eigenvalue weighted by molar-refractivity contribution is 5.99. The average molecular weight is 376 g/mol. The van der Waals surface area contributed by atoms with E-state index < -0.39 is 18.0 Å². The summed E-state index contributed by atoms with van der Waals surface area (Å²) in [4.78, 5) is 39.2. The van der Waals surface area contributed by atoms with E-state index in [0.717, 1.165) is 19.3 Å². The molecule has 7 heteroatoms. The van der Waals surface area contributed by atoms with Gasteiger partial charge in [-0.1, -0.05) is 11.6 Å². The van der Waals surface area contributed by atoms with Crippen LogP contribution in [0.15, 0.2) is 11.6 Å². The highest BCUT2D eigenvalue weighted by Crippen LogP contribution is 2.21. The molecule has 0 aliphatic heterocycles. The number of methoxy groups -OCH3 is 1. The van der Waals surface area contributed by atoms with Crippen LogP contribution < -0.4 is 5.32 Å². The van der Waals surface area contributed by atoms with Gasteiger partial charge in [0.2, 0.25) is 0 Å². The van der Waals surface area contributed by atoms with Crippen molar-refractivity contribution >= 4 is 17.8 Å². The van der Waals surface area contributed by atoms with Gasteiger partial charge in [-0.3, -0.25) is 4.79 Å². The molecule has 1 aromatic rings. The van der Waals surface area contributed by atoms with Crippen molar-refractivity contribution in [2.75, 3.05) is 13.7 Å². The summed E-state index contributed by atoms with van der Waals surface area (Å²) in [5, 5.41) is 2.80. The van der Waals surface area contributed by atoms with Crippen LogP contribution >= 0.6 is 0 Å². The molecule has 1 amide bonds. The number of H-pyrrole nitrogens is 1. The number of nitrogens with one attached hydrogen (secondary N) is 2. The lowest BCUT2D eigenvalue weighted by Gasteiger charge is -2.15. The van der Waals surface area contributed by atoms with Gasteiger partial charge in [-0.15, -0.1) is 0 Å². The number of aromatic amines is 1. The largest absolute Gasteiger partial charge is 0.465 e. The first kappa shape index (κ1) is 20.7. The minimum atomic E-state index is -0.928. The molecular weight excluding hydrogens is 348 g/mol. The molecule has 0 bridgehead atoms. The summed E-state index contributed by atoms with van der Waals surface area (Å²) in [6, 6.07) is 0. The fraction of sp³-hybridized carbons (Fsp3) is 0.550. The van der Waals surface area contributed by atoms with Crippen molar-refractivity contribution in [1.29, 1.82) is 0 Å². The minimum Gasteiger partial charge on any atom is -0.465 e. The topological polar surface area (TPSA) is 97.5 Å². The first-order valence-corrected chi connectivity index (χ1v) is 9.29. The van der Waals surface area contributed by atoms with Crippen molar-refractivity contribution in [2.45, 2.75) is 59.0 Å². The summed E-state index contributed by atoms with van der Waals surface area (Å²) >= 11 is 0. The van der Waals surface area contributed by atoms with Crippen molar-refractivity contribution in [1.82, 2.24) is 10.3 Å². The number of allylic oxidation sites excluding steroid dienone is 1. The Morgan fingerprint density at radius 2 is 1.96 bits per heavy atom. The second-order valence-corrected chi connectivity index (χ2v) is 6.81. The Hall–Kier alpha value is -2.57. The van der Waals surface area contributed by atoms with Crippen molar-refractivity contribution in [3.63, 3.8) is 0 Å². The predicted octanol–water partition coefficient (Wildman–Crippen LogP) is 2.97. The lowest BCUT2D eigenvalue weighted by Crippen LogP contribution is -2.36. The lowest BCUT2D eigenvalue weighted by molar-refractivity contribution is -0.129. The standard InChI is InChI=1S/C20H28N2O5/c1-12-16(19(24)26-4)13(2)22-17(12)20(25)27-14(3)18(23)21-11-10-15-8-6-5-7-9-15/h8,14,22H,5-7,9-11H2,1-4H3,(H,21,23). The van der Waals surface area contributed by atoms with E-state index in [2.05, 4.69) is 16.4 Å². The first-order valence-electron chi connectivity index (χ1n) is 9.29. The average Bonchev–Trinajstić information content (AvgIpc) is 2.96. The van der Waals surface area contributed by atoms with Crippen LogP contribution in [0.1, 0.15) is 71.1 Å². The Balaban J connectivity index is 1.90. The zero-order valence-electron chi connectivity index (χ0n) is 16.4. The zero-order chi connectivity index (χ0) is 20.0. The van der Waals surface area contributed by atoms with Gasteiger partial charge in [0.15, 0.2) is 6.10 Å². The third kappa shape index (κ3) is 5.21. The van der Waals surface area contributed by atoms with Crippen molar-refractivity contribution < 1.29 is 23.9 Å². The molecule has 0 fully saturated rings. The molecule has 0 aromatic carbocycles. The van der Waals surface area contributed by atoms with E-state index >= 15 is 0 Å². The van der Waals surface area contributed by atoms with Crippen LogP contribution in [0.25, 0.3) is 0 Å². The van der Waals surface area contributed by atoms with E-state index in [0.29, 0.717) is 23.4 Å². The molecule has 1 aromatic heterocycles. The molecule has 1 aliphatic carbocycles. The predicted molar refractivity (Wildman–Crippen MR) is 101 cm³/mol. The quantitative estimate of drug-likeness (QED) is 0.563. The van der Waals surface area contributed by atoms with Gasteiger partial charge in [-0.05, 0) is 58.4 Å². The molecule has 0 saturated carbocycles. The molecular formula is C20H28N2O5. The Bertz CT molecular complexity index is 748. The Morgan fingerprint density at radius 3 is 2.59 bits per heavy atom. The number of carbonyl (C=O) groups excluding carboxylic acids is 3. The lowest BCUT2D eigenvalue weighted by atomic mass is 9.97. The summed E-state index contributed by atoms with van der Waals surface area (Å²) in [5.41, 5.74) is 2.80. The Morgan fingerprint density at radius 1 is 1.22 bits per heavy atom. The third-order valence-corrected chi connectivity index (χ3v) is 4.81. The second kappa shape index (κ2) is 9.39. The molecule has 1 unspecified atom stereocenters. The number of aryl methyl sites for hydroxylation is 1. The number of hydrogen-bond donors (Lipinski definition) is 2. The van der Waals surface area contributed by atoms with Gasteiger partial charge in [-0.25, -0.2) is 9.59 Å². The van der Waals surface area contributed by atoms with E-state index in [1.54, 1.807) is 13.8 Å². The fourth-order valence-corrected chi connectivity index (χ4v) is 3.26. The third-order valence-electron chi connectivity index (χ3n) is 4.81. The molecule has 1 atom stereocenters. The van der Waals surface area contributed by atoms with Crippen molar-refractivity contribution in [2.24, 2.45) is 0 Å². The van der Waals surface area contributed by atoms with Gasteiger partial charge in [-0.2, -0.15) is 0 Å². The van der Waals surface area contributed by atoms with Crippen LogP contribution in [0.5, 0.6) is 0 Å². The smallest absolute Gasteiger partial charge is 0.355 e. The number of rotatable bonds is 7. The van der Waals surface area contributed by atoms with Gasteiger partial charge >= 0.3 is 11.9 Å². The molecule has 0 radical (unpaired) electrons. The van der Waals surface area contributed by atoms with Gasteiger partial charge in [0.25, 0.3) is 5.91 Å². The monoisotopic (exact) mass is 376 g/mol. The van der Waals surface area contributed by atoms with E-state index in [9.17, 15) is 14.4 Å². The van der Waals surface area contributed by atoms with Gasteiger partial charge in [0.1, 0.15) is 5.69 Å². The Kier molecular flexibility index (Phi) is 7.21. The number of carbonyl (C=O) groups is 3. The zero-order valence-corrected chi connectivity index (χ0v) is 16.4. The molecule has 0 saturated heterocycles. The van der Waals surface area contributed by atoms with Crippen LogP contribution in [0.2, 0.25) is 0 Å². The molecule has 148 valence electrons. The van der Waals surface area contributed by atoms with Crippen LogP contribution in [-0.2, 0) is 14.3 Å². The van der Waals surface area contributed by atoms with E-state index in [4.69, 9.17) is 9.47 Å². The minimum absolute atomic E-state index is 0.153. The van der Waals surface area contributed by atoms with Crippen LogP contribution in [-0.4, -0.2) is 42.6 Å². The van der Waals surface area contributed by atoms with Crippen molar-refractivity contribution in [3.05, 3.63) is 34.2 Å². The van der Waals surface area contributed by atoms with Crippen LogP contribution in [0, 0.1) is 13.8 Å². The summed E-state index contributed by atoms with van der Waals surface area (Å²) < 4.78 is 9.98. The number of hydrogen-bond acceptors (Lipinski definition) is 5. The second-order valence-electron chi connectivity index (χ2n) is 6.81. The number of aromatic nitrogens is 1. The maximum absolute atomic E-state index is 12.4. The highest BCUT2D eigenvalue weighted by atomic mass is 16.5. The molecule has 27 heavy (non-hydrogen) atoms. The fourth-order valence-electron chi connectivity index (χ4n) is 3.26. The highest BCUT2D eigenvalue weighted by Gasteiger charge is 2.26. The Labute approximate surface area is 159 Å². The summed E-state index contributed by atoms with van der Waals surface area (Å²) in [6.45, 7) is 5.36. The summed E-state index contributed by atoms with van der Waals surface area (Å²) in [5.74, 6) is -1.54. The maximum Gasteiger partial charge on any atom is 0.355 e. The van der Waals surface area contributed by atoms with E-state index in [1.165, 1.54) is 32.4 Å². The van der Waals surface area contributed by atoms with Gasteiger partial charge in [0.05, 0.1) is 12.7 Å². The number of esters is 2. The summed E-state index contributed by atoms with van der Waals surface area (Å²) in [6.07, 6.45) is 6.78. The molecule has 2 rings (SSSR count). The SMILES string of the molecule is COC(=O)c1c(C)[nH]c(C(=O)OC(C)C(=O)NCCC2=CCCCC2)c1C. The molecule has 1 aliphatic rings. The van der Waals surface area contributed by atoms with Gasteiger partial charge < -0.3 is 19.8 Å². The van der Waals surface area contributed by atoms with Gasteiger partial charge in [0, 0.05) is 12.2 Å². The van der Waals surface area contributed by atoms with E-state index in [-0.39, 0.29) is 11.6 Å². The molecule has 0 spiro atoms. The summed E-state index contributed by atoms with van der Waals surface area (Å²) in [7, 11) is 1.28. The van der Waals surface area contributed by atoms with E-state index in [1.807, 2.05) is 0 Å². The van der Waals surface area contributed by atoms with Crippen LogP contribution in [0.4, 0.5) is 0 Å². The first-order chi connectivity index (χ1) is 12.8. The van der Waals surface area contributed by atoms with Crippen molar-refractivity contribution in [3.8, 4) is 0 Å². The number of ether oxygens (including phenoxy) is 2. The van der Waals surface area contributed by atoms with Crippen LogP contribution in [0.3, 0.4) is 0 Å². The maximum atomic E-state index is 12.4. The number of amides is 1. The normalized spacial score (nSPS) is 14.9. The molecule has 2 N–H and O–H groups in total. The molecule has 7 nitrogen and oxygen atoms in total. The molecule has 1 heterocycles.